The fourth-order valence-electron chi connectivity index (χ4n) is 2.19. The van der Waals surface area contributed by atoms with Crippen LogP contribution in [0.3, 0.4) is 0 Å². The molecule has 0 saturated heterocycles. The Morgan fingerprint density at radius 3 is 3.00 bits per heavy atom. The lowest BCUT2D eigenvalue weighted by Gasteiger charge is -2.02. The van der Waals surface area contributed by atoms with Crippen LogP contribution in [-0.2, 0) is 0 Å². The lowest BCUT2D eigenvalue weighted by molar-refractivity contribution is -0.457. The molecule has 17 heavy (non-hydrogen) atoms. The molecule has 2 heterocycles. The number of amidine groups is 1. The van der Waals surface area contributed by atoms with Crippen molar-refractivity contribution in [2.24, 2.45) is 0 Å². The summed E-state index contributed by atoms with van der Waals surface area (Å²) in [7, 11) is 0. The smallest absolute Gasteiger partial charge is 0.247 e. The van der Waals surface area contributed by atoms with Gasteiger partial charge >= 0.3 is 0 Å². The number of rotatable bonds is 1. The monoisotopic (exact) mass is 233 g/mol. The topological polar surface area (TPSA) is 44.5 Å². The van der Waals surface area contributed by atoms with E-state index >= 15 is 0 Å². The van der Waals surface area contributed by atoms with Crippen LogP contribution in [0.15, 0.2) is 18.2 Å². The van der Waals surface area contributed by atoms with Gasteiger partial charge in [0, 0.05) is 12.5 Å². The Morgan fingerprint density at radius 1 is 1.06 bits per heavy atom. The molecule has 0 aliphatic carbocycles. The molecule has 3 rings (SSSR count). The second-order valence-corrected chi connectivity index (χ2v) is 4.41. The number of hydrogen-bond acceptors (Lipinski definition) is 3. The van der Waals surface area contributed by atoms with Crippen LogP contribution in [0, 0.1) is 0 Å². The second-order valence-electron chi connectivity index (χ2n) is 4.41. The molecule has 0 radical (unpaired) electrons. The fraction of sp³-hybridized carbons (Fsp3) is 0.462. The zero-order valence-corrected chi connectivity index (χ0v) is 9.79. The maximum absolute atomic E-state index is 5.36. The quantitative estimate of drug-likeness (QED) is 0.757. The van der Waals surface area contributed by atoms with Gasteiger partial charge in [0.1, 0.15) is 5.69 Å². The Kier molecular flexibility index (Phi) is 2.86. The molecular formula is C13H17N2O2+. The molecule has 4 heteroatoms. The molecule has 0 spiro atoms. The Bertz CT molecular complexity index is 443. The lowest BCUT2D eigenvalue weighted by atomic mass is 10.2. The van der Waals surface area contributed by atoms with Crippen molar-refractivity contribution in [3.63, 3.8) is 0 Å². The highest BCUT2D eigenvalue weighted by atomic mass is 16.7. The van der Waals surface area contributed by atoms with Gasteiger partial charge in [-0.25, -0.2) is 5.32 Å². The summed E-state index contributed by atoms with van der Waals surface area (Å²) in [4.78, 5) is 3.43. The first-order valence-electron chi connectivity index (χ1n) is 6.18. The minimum Gasteiger partial charge on any atom is -0.454 e. The summed E-state index contributed by atoms with van der Waals surface area (Å²) in [6.07, 6.45) is 4.90. The second kappa shape index (κ2) is 4.65. The third-order valence-corrected chi connectivity index (χ3v) is 3.11. The average molecular weight is 233 g/mol. The summed E-state index contributed by atoms with van der Waals surface area (Å²) in [5.74, 6) is 2.86. The Balaban J connectivity index is 1.74. The van der Waals surface area contributed by atoms with Gasteiger partial charge in [-0.2, -0.15) is 0 Å². The van der Waals surface area contributed by atoms with Crippen molar-refractivity contribution in [2.45, 2.75) is 25.7 Å². The highest BCUT2D eigenvalue weighted by molar-refractivity contribution is 5.91. The maximum atomic E-state index is 5.36. The Labute approximate surface area is 101 Å². The standard InChI is InChI=1S/C13H16N2O2/c1-2-4-13(14-7-3-1)15-10-5-6-11-12(8-10)17-9-16-11/h5-6,8H,1-4,7,9H2,(H,14,15)/p+1. The zero-order chi connectivity index (χ0) is 11.5. The van der Waals surface area contributed by atoms with E-state index in [0.29, 0.717) is 6.79 Å². The Morgan fingerprint density at radius 2 is 2.00 bits per heavy atom. The summed E-state index contributed by atoms with van der Waals surface area (Å²) in [6, 6.07) is 5.96. The van der Waals surface area contributed by atoms with Gasteiger partial charge in [0.25, 0.3) is 0 Å². The summed E-state index contributed by atoms with van der Waals surface area (Å²) in [6.45, 7) is 1.39. The SMILES string of the molecule is c1cc2c(cc1NC1=[NH+]CCCCC1)OCO2. The molecule has 0 bridgehead atoms. The molecule has 4 nitrogen and oxygen atoms in total. The maximum Gasteiger partial charge on any atom is 0.247 e. The normalized spacial score (nSPS) is 18.5. The van der Waals surface area contributed by atoms with Crippen LogP contribution in [0.1, 0.15) is 25.7 Å². The van der Waals surface area contributed by atoms with E-state index in [1.165, 1.54) is 25.1 Å². The highest BCUT2D eigenvalue weighted by Gasteiger charge is 2.16. The number of anilines is 1. The van der Waals surface area contributed by atoms with Gasteiger partial charge in [0.2, 0.25) is 12.6 Å². The number of fused-ring (bicyclic) bond motifs is 1. The molecule has 1 aromatic carbocycles. The van der Waals surface area contributed by atoms with E-state index in [9.17, 15) is 0 Å². The number of ether oxygens (including phenoxy) is 2. The first kappa shape index (κ1) is 10.4. The van der Waals surface area contributed by atoms with E-state index in [0.717, 1.165) is 30.2 Å². The summed E-state index contributed by atoms with van der Waals surface area (Å²) >= 11 is 0. The van der Waals surface area contributed by atoms with Gasteiger partial charge < -0.3 is 9.47 Å². The van der Waals surface area contributed by atoms with Crippen LogP contribution in [0.25, 0.3) is 0 Å². The van der Waals surface area contributed by atoms with E-state index in [-0.39, 0.29) is 0 Å². The highest BCUT2D eigenvalue weighted by Crippen LogP contribution is 2.34. The molecule has 2 N–H and O–H groups in total. The molecule has 2 aliphatic heterocycles. The van der Waals surface area contributed by atoms with Gasteiger partial charge in [-0.1, -0.05) is 0 Å². The van der Waals surface area contributed by atoms with E-state index in [1.807, 2.05) is 18.2 Å². The minimum atomic E-state index is 0.327. The molecule has 2 aliphatic rings. The molecule has 0 aromatic heterocycles. The van der Waals surface area contributed by atoms with Crippen molar-refractivity contribution in [1.82, 2.24) is 0 Å². The molecule has 1 aromatic rings. The van der Waals surface area contributed by atoms with Crippen molar-refractivity contribution in [1.29, 1.82) is 0 Å². The van der Waals surface area contributed by atoms with E-state index in [4.69, 9.17) is 9.47 Å². The van der Waals surface area contributed by atoms with Crippen molar-refractivity contribution in [2.75, 3.05) is 18.7 Å². The largest absolute Gasteiger partial charge is 0.454 e. The van der Waals surface area contributed by atoms with E-state index < -0.39 is 0 Å². The molecule has 0 fully saturated rings. The molecule has 0 unspecified atom stereocenters. The van der Waals surface area contributed by atoms with Crippen LogP contribution in [0.2, 0.25) is 0 Å². The Hall–Kier alpha value is -1.71. The van der Waals surface area contributed by atoms with Gasteiger partial charge in [0.15, 0.2) is 11.5 Å². The molecule has 90 valence electrons. The average Bonchev–Trinajstić information content (AvgIpc) is 2.65. The lowest BCUT2D eigenvalue weighted by Crippen LogP contribution is -2.74. The van der Waals surface area contributed by atoms with Crippen molar-refractivity contribution in [3.05, 3.63) is 18.2 Å². The third kappa shape index (κ3) is 2.35. The van der Waals surface area contributed by atoms with Crippen molar-refractivity contribution >= 4 is 11.5 Å². The van der Waals surface area contributed by atoms with Gasteiger partial charge in [-0.3, -0.25) is 4.99 Å². The van der Waals surface area contributed by atoms with Gasteiger partial charge in [-0.05, 0) is 31.4 Å². The molecular weight excluding hydrogens is 216 g/mol. The van der Waals surface area contributed by atoms with Crippen LogP contribution >= 0.6 is 0 Å². The summed E-state index contributed by atoms with van der Waals surface area (Å²) in [5, 5.41) is 3.42. The first-order valence-corrected chi connectivity index (χ1v) is 6.18. The van der Waals surface area contributed by atoms with Crippen LogP contribution in [0.5, 0.6) is 11.5 Å². The van der Waals surface area contributed by atoms with E-state index in [1.54, 1.807) is 0 Å². The van der Waals surface area contributed by atoms with Gasteiger partial charge in [-0.15, -0.1) is 0 Å². The number of benzene rings is 1. The zero-order valence-electron chi connectivity index (χ0n) is 9.79. The van der Waals surface area contributed by atoms with Crippen LogP contribution in [-0.4, -0.2) is 19.2 Å². The third-order valence-electron chi connectivity index (χ3n) is 3.11. The van der Waals surface area contributed by atoms with E-state index in [2.05, 4.69) is 10.3 Å². The number of nitrogens with one attached hydrogen (secondary N) is 2. The molecule has 0 saturated carbocycles. The predicted octanol–water partition coefficient (Wildman–Crippen LogP) is 0.880. The van der Waals surface area contributed by atoms with Crippen LogP contribution < -0.4 is 19.8 Å². The van der Waals surface area contributed by atoms with Crippen molar-refractivity contribution < 1.29 is 14.5 Å². The van der Waals surface area contributed by atoms with Crippen LogP contribution in [0.4, 0.5) is 5.69 Å². The summed E-state index contributed by atoms with van der Waals surface area (Å²) in [5.41, 5.74) is 1.05. The number of hydrogen-bond donors (Lipinski definition) is 2. The fourth-order valence-corrected chi connectivity index (χ4v) is 2.19. The van der Waals surface area contributed by atoms with Gasteiger partial charge in [0.05, 0.1) is 6.54 Å². The first-order chi connectivity index (χ1) is 8.42. The summed E-state index contributed by atoms with van der Waals surface area (Å²) < 4.78 is 10.7. The minimum absolute atomic E-state index is 0.327. The van der Waals surface area contributed by atoms with Crippen molar-refractivity contribution in [3.8, 4) is 11.5 Å². The molecule has 0 amide bonds. The predicted molar refractivity (Wildman–Crippen MR) is 65.5 cm³/mol. The molecule has 0 atom stereocenters.